The number of benzene rings is 1. The third-order valence-electron chi connectivity index (χ3n) is 5.44. The van der Waals surface area contributed by atoms with Crippen molar-refractivity contribution < 1.29 is 18.3 Å². The molecule has 1 saturated heterocycles. The maximum Gasteiger partial charge on any atom is 0.251 e. The van der Waals surface area contributed by atoms with E-state index in [1.54, 1.807) is 12.1 Å². The fourth-order valence-corrected chi connectivity index (χ4v) is 5.26. The smallest absolute Gasteiger partial charge is 0.251 e. The van der Waals surface area contributed by atoms with Crippen molar-refractivity contribution in [3.05, 3.63) is 29.8 Å². The Morgan fingerprint density at radius 1 is 1.08 bits per heavy atom. The summed E-state index contributed by atoms with van der Waals surface area (Å²) in [5, 5.41) is 12.5. The third kappa shape index (κ3) is 3.88. The first kappa shape index (κ1) is 18.4. The van der Waals surface area contributed by atoms with Crippen molar-refractivity contribution in [2.75, 3.05) is 26.2 Å². The van der Waals surface area contributed by atoms with Gasteiger partial charge < -0.3 is 10.4 Å². The summed E-state index contributed by atoms with van der Waals surface area (Å²) in [7, 11) is -3.45. The summed E-state index contributed by atoms with van der Waals surface area (Å²) < 4.78 is 26.5. The lowest BCUT2D eigenvalue weighted by atomic mass is 9.87. The van der Waals surface area contributed by atoms with Gasteiger partial charge in [0, 0.05) is 30.6 Å². The minimum Gasteiger partial charge on any atom is -0.396 e. The molecule has 3 rings (SSSR count). The predicted molar refractivity (Wildman–Crippen MR) is 94.8 cm³/mol. The maximum atomic E-state index is 12.5. The van der Waals surface area contributed by atoms with Crippen molar-refractivity contribution in [2.24, 2.45) is 5.41 Å². The Morgan fingerprint density at radius 2 is 1.68 bits per heavy atom. The lowest BCUT2D eigenvalue weighted by Gasteiger charge is -2.26. The molecular weight excluding hydrogens is 340 g/mol. The zero-order valence-electron chi connectivity index (χ0n) is 14.4. The number of hydrogen-bond donors (Lipinski definition) is 2. The summed E-state index contributed by atoms with van der Waals surface area (Å²) >= 11 is 0. The molecule has 1 heterocycles. The quantitative estimate of drug-likeness (QED) is 0.803. The Labute approximate surface area is 149 Å². The summed E-state index contributed by atoms with van der Waals surface area (Å²) in [6.45, 7) is 1.66. The number of aliphatic hydroxyl groups excluding tert-OH is 1. The average Bonchev–Trinajstić information content (AvgIpc) is 3.32. The number of nitrogens with zero attached hydrogens (tertiary/aromatic N) is 1. The molecule has 1 amide bonds. The van der Waals surface area contributed by atoms with E-state index in [0.29, 0.717) is 25.2 Å². The van der Waals surface area contributed by atoms with Gasteiger partial charge in [-0.15, -0.1) is 0 Å². The van der Waals surface area contributed by atoms with Crippen LogP contribution in [0.4, 0.5) is 0 Å². The van der Waals surface area contributed by atoms with E-state index in [4.69, 9.17) is 0 Å². The van der Waals surface area contributed by atoms with Crippen LogP contribution in [0.15, 0.2) is 29.2 Å². The molecular formula is C18H26N2O4S. The van der Waals surface area contributed by atoms with Crippen LogP contribution in [-0.2, 0) is 10.0 Å². The second-order valence-corrected chi connectivity index (χ2v) is 9.12. The molecule has 25 heavy (non-hydrogen) atoms. The Morgan fingerprint density at radius 3 is 2.24 bits per heavy atom. The topological polar surface area (TPSA) is 86.7 Å². The first-order chi connectivity index (χ1) is 12.0. The number of amides is 1. The highest BCUT2D eigenvalue weighted by Crippen LogP contribution is 2.36. The van der Waals surface area contributed by atoms with E-state index in [1.807, 2.05) is 0 Å². The highest BCUT2D eigenvalue weighted by Gasteiger charge is 2.33. The number of carbonyl (C=O) groups excluding carboxylic acids is 1. The van der Waals surface area contributed by atoms with Crippen LogP contribution in [0.1, 0.15) is 48.9 Å². The molecule has 2 aliphatic rings. The number of aliphatic hydroxyl groups is 1. The van der Waals surface area contributed by atoms with Gasteiger partial charge in [-0.05, 0) is 49.9 Å². The van der Waals surface area contributed by atoms with Crippen molar-refractivity contribution in [1.82, 2.24) is 9.62 Å². The molecule has 0 radical (unpaired) electrons. The molecule has 6 nitrogen and oxygen atoms in total. The Balaban J connectivity index is 1.64. The van der Waals surface area contributed by atoms with E-state index in [0.717, 1.165) is 38.5 Å². The molecule has 0 unspecified atom stereocenters. The van der Waals surface area contributed by atoms with Crippen molar-refractivity contribution in [3.8, 4) is 0 Å². The van der Waals surface area contributed by atoms with Gasteiger partial charge in [0.15, 0.2) is 0 Å². The Kier molecular flexibility index (Phi) is 5.46. The third-order valence-corrected chi connectivity index (χ3v) is 7.36. The number of hydrogen-bond acceptors (Lipinski definition) is 4. The molecule has 2 N–H and O–H groups in total. The maximum absolute atomic E-state index is 12.5. The highest BCUT2D eigenvalue weighted by molar-refractivity contribution is 7.89. The van der Waals surface area contributed by atoms with Gasteiger partial charge in [0.2, 0.25) is 10.0 Å². The summed E-state index contributed by atoms with van der Waals surface area (Å²) in [5.74, 6) is -0.232. The molecule has 1 aromatic carbocycles. The van der Waals surface area contributed by atoms with Crippen LogP contribution in [0.25, 0.3) is 0 Å². The monoisotopic (exact) mass is 366 g/mol. The lowest BCUT2D eigenvalue weighted by Crippen LogP contribution is -2.38. The van der Waals surface area contributed by atoms with Gasteiger partial charge in [0.25, 0.3) is 5.91 Å². The van der Waals surface area contributed by atoms with Crippen molar-refractivity contribution in [3.63, 3.8) is 0 Å². The van der Waals surface area contributed by atoms with Crippen LogP contribution in [0.2, 0.25) is 0 Å². The second-order valence-electron chi connectivity index (χ2n) is 7.18. The van der Waals surface area contributed by atoms with Crippen molar-refractivity contribution >= 4 is 15.9 Å². The SMILES string of the molecule is O=C(NCC1(CO)CCCC1)c1ccc(S(=O)(=O)N2CCCC2)cc1. The van der Waals surface area contributed by atoms with Crippen LogP contribution in [0.3, 0.4) is 0 Å². The molecule has 0 aromatic heterocycles. The molecule has 0 spiro atoms. The number of sulfonamides is 1. The molecule has 1 aliphatic carbocycles. The van der Waals surface area contributed by atoms with Crippen LogP contribution in [0, 0.1) is 5.41 Å². The summed E-state index contributed by atoms with van der Waals surface area (Å²) in [4.78, 5) is 12.6. The van der Waals surface area contributed by atoms with Crippen LogP contribution >= 0.6 is 0 Å². The largest absolute Gasteiger partial charge is 0.396 e. The van der Waals surface area contributed by atoms with E-state index < -0.39 is 10.0 Å². The minimum absolute atomic E-state index is 0.0836. The van der Waals surface area contributed by atoms with Gasteiger partial charge in [-0.3, -0.25) is 4.79 Å². The lowest BCUT2D eigenvalue weighted by molar-refractivity contribution is 0.0880. The zero-order valence-corrected chi connectivity index (χ0v) is 15.2. The average molecular weight is 366 g/mol. The van der Waals surface area contributed by atoms with E-state index in [2.05, 4.69) is 5.32 Å². The second kappa shape index (κ2) is 7.43. The Bertz CT molecular complexity index is 703. The Hall–Kier alpha value is -1.44. The fraction of sp³-hybridized carbons (Fsp3) is 0.611. The highest BCUT2D eigenvalue weighted by atomic mass is 32.2. The van der Waals surface area contributed by atoms with E-state index in [9.17, 15) is 18.3 Å². The molecule has 0 bridgehead atoms. The molecule has 1 aliphatic heterocycles. The fourth-order valence-electron chi connectivity index (χ4n) is 3.74. The molecule has 7 heteroatoms. The van der Waals surface area contributed by atoms with Gasteiger partial charge >= 0.3 is 0 Å². The normalized spacial score (nSPS) is 20.7. The van der Waals surface area contributed by atoms with E-state index >= 15 is 0 Å². The van der Waals surface area contributed by atoms with Crippen LogP contribution in [-0.4, -0.2) is 50.0 Å². The summed E-state index contributed by atoms with van der Waals surface area (Å²) in [6, 6.07) is 6.11. The van der Waals surface area contributed by atoms with Crippen LogP contribution in [0.5, 0.6) is 0 Å². The standard InChI is InChI=1S/C18H26N2O4S/c21-14-18(9-1-2-10-18)13-19-17(22)15-5-7-16(8-6-15)25(23,24)20-11-3-4-12-20/h5-8,21H,1-4,9-14H2,(H,19,22). The van der Waals surface area contributed by atoms with Crippen molar-refractivity contribution in [2.45, 2.75) is 43.4 Å². The zero-order chi connectivity index (χ0) is 17.9. The first-order valence-electron chi connectivity index (χ1n) is 8.96. The summed E-state index contributed by atoms with van der Waals surface area (Å²) in [6.07, 6.45) is 5.81. The predicted octanol–water partition coefficient (Wildman–Crippen LogP) is 1.75. The number of rotatable bonds is 6. The number of carbonyl (C=O) groups is 1. The molecule has 2 fully saturated rings. The van der Waals surface area contributed by atoms with E-state index in [1.165, 1.54) is 16.4 Å². The molecule has 138 valence electrons. The van der Waals surface area contributed by atoms with Gasteiger partial charge in [0.1, 0.15) is 0 Å². The number of nitrogens with one attached hydrogen (secondary N) is 1. The van der Waals surface area contributed by atoms with Gasteiger partial charge in [0.05, 0.1) is 11.5 Å². The molecule has 1 saturated carbocycles. The molecule has 0 atom stereocenters. The summed E-state index contributed by atoms with van der Waals surface area (Å²) in [5.41, 5.74) is 0.237. The van der Waals surface area contributed by atoms with Crippen molar-refractivity contribution in [1.29, 1.82) is 0 Å². The van der Waals surface area contributed by atoms with E-state index in [-0.39, 0.29) is 22.8 Å². The molecule has 1 aromatic rings. The van der Waals surface area contributed by atoms with Gasteiger partial charge in [-0.25, -0.2) is 8.42 Å². The van der Waals surface area contributed by atoms with Gasteiger partial charge in [-0.1, -0.05) is 12.8 Å². The van der Waals surface area contributed by atoms with Gasteiger partial charge in [-0.2, -0.15) is 4.31 Å². The van der Waals surface area contributed by atoms with Crippen LogP contribution < -0.4 is 5.32 Å². The minimum atomic E-state index is -3.45. The first-order valence-corrected chi connectivity index (χ1v) is 10.4.